The Morgan fingerprint density at radius 3 is 2.92 bits per heavy atom. The second kappa shape index (κ2) is 7.12. The lowest BCUT2D eigenvalue weighted by Crippen LogP contribution is -2.25. The topological polar surface area (TPSA) is 105 Å². The predicted molar refractivity (Wildman–Crippen MR) is 96.9 cm³/mol. The van der Waals surface area contributed by atoms with Gasteiger partial charge in [0.2, 0.25) is 5.95 Å². The molecule has 0 amide bonds. The second-order valence-electron chi connectivity index (χ2n) is 6.20. The summed E-state index contributed by atoms with van der Waals surface area (Å²) in [5.74, 6) is 0.324. The Kier molecular flexibility index (Phi) is 4.53. The fourth-order valence-corrected chi connectivity index (χ4v) is 3.03. The zero-order chi connectivity index (χ0) is 17.9. The van der Waals surface area contributed by atoms with Crippen LogP contribution in [-0.2, 0) is 0 Å². The largest absolute Gasteiger partial charge is 0.489 e. The highest BCUT2D eigenvalue weighted by molar-refractivity contribution is 5.82. The molecule has 1 aliphatic rings. The van der Waals surface area contributed by atoms with Gasteiger partial charge in [-0.25, -0.2) is 9.37 Å². The average Bonchev–Trinajstić information content (AvgIpc) is 3.28. The number of nitrogen functional groups attached to an aromatic ring is 1. The average molecular weight is 357 g/mol. The SMILES string of the molecule is Nc1nc(Nc2ccc(OCCN3CCCC3)c(F)c2)nc2nc[nH]c12. The van der Waals surface area contributed by atoms with E-state index in [0.29, 0.717) is 23.5 Å². The summed E-state index contributed by atoms with van der Waals surface area (Å²) in [6.45, 7) is 3.48. The van der Waals surface area contributed by atoms with Crippen molar-refractivity contribution < 1.29 is 9.13 Å². The van der Waals surface area contributed by atoms with Crippen LogP contribution in [0.15, 0.2) is 24.5 Å². The monoisotopic (exact) mass is 357 g/mol. The molecule has 1 fully saturated rings. The van der Waals surface area contributed by atoms with Crippen molar-refractivity contribution >= 4 is 28.6 Å². The summed E-state index contributed by atoms with van der Waals surface area (Å²) in [6.07, 6.45) is 3.95. The van der Waals surface area contributed by atoms with Crippen LogP contribution >= 0.6 is 0 Å². The molecule has 1 aliphatic heterocycles. The molecule has 1 aromatic carbocycles. The van der Waals surface area contributed by atoms with Gasteiger partial charge in [0.15, 0.2) is 23.0 Å². The Bertz CT molecular complexity index is 907. The highest BCUT2D eigenvalue weighted by Gasteiger charge is 2.12. The molecule has 1 saturated heterocycles. The van der Waals surface area contributed by atoms with Crippen LogP contribution in [0.4, 0.5) is 21.8 Å². The van der Waals surface area contributed by atoms with E-state index in [-0.39, 0.29) is 17.5 Å². The lowest BCUT2D eigenvalue weighted by molar-refractivity contribution is 0.231. The summed E-state index contributed by atoms with van der Waals surface area (Å²) in [5.41, 5.74) is 7.38. The third-order valence-electron chi connectivity index (χ3n) is 4.37. The highest BCUT2D eigenvalue weighted by Crippen LogP contribution is 2.24. The summed E-state index contributed by atoms with van der Waals surface area (Å²) in [5, 5.41) is 2.94. The van der Waals surface area contributed by atoms with Gasteiger partial charge in [-0.3, -0.25) is 4.90 Å². The Balaban J connectivity index is 1.41. The third kappa shape index (κ3) is 3.52. The maximum absolute atomic E-state index is 14.3. The number of imidazole rings is 1. The first-order chi connectivity index (χ1) is 12.7. The Morgan fingerprint density at radius 2 is 2.12 bits per heavy atom. The van der Waals surface area contributed by atoms with Crippen LogP contribution in [0.1, 0.15) is 12.8 Å². The summed E-state index contributed by atoms with van der Waals surface area (Å²) < 4.78 is 19.8. The van der Waals surface area contributed by atoms with Gasteiger partial charge in [-0.1, -0.05) is 0 Å². The van der Waals surface area contributed by atoms with Crippen LogP contribution in [0.3, 0.4) is 0 Å². The first kappa shape index (κ1) is 16.5. The number of anilines is 3. The van der Waals surface area contributed by atoms with E-state index in [1.807, 2.05) is 0 Å². The lowest BCUT2D eigenvalue weighted by atomic mass is 10.3. The zero-order valence-corrected chi connectivity index (χ0v) is 14.2. The van der Waals surface area contributed by atoms with Gasteiger partial charge >= 0.3 is 0 Å². The number of aromatic amines is 1. The molecule has 0 spiro atoms. The van der Waals surface area contributed by atoms with Crippen LogP contribution in [0, 0.1) is 5.82 Å². The van der Waals surface area contributed by atoms with Gasteiger partial charge in [0, 0.05) is 18.3 Å². The minimum atomic E-state index is -0.440. The Labute approximate surface area is 149 Å². The first-order valence-electron chi connectivity index (χ1n) is 8.57. The van der Waals surface area contributed by atoms with E-state index in [1.54, 1.807) is 12.1 Å². The van der Waals surface area contributed by atoms with Crippen LogP contribution < -0.4 is 15.8 Å². The van der Waals surface area contributed by atoms with E-state index in [1.165, 1.54) is 25.2 Å². The van der Waals surface area contributed by atoms with Crippen LogP contribution in [0.5, 0.6) is 5.75 Å². The number of nitrogens with zero attached hydrogens (tertiary/aromatic N) is 4. The molecule has 2 aromatic heterocycles. The maximum atomic E-state index is 14.3. The maximum Gasteiger partial charge on any atom is 0.231 e. The second-order valence-corrected chi connectivity index (χ2v) is 6.20. The Hall–Kier alpha value is -2.94. The summed E-state index contributed by atoms with van der Waals surface area (Å²) in [7, 11) is 0. The molecule has 4 rings (SSSR count). The van der Waals surface area contributed by atoms with E-state index < -0.39 is 5.82 Å². The summed E-state index contributed by atoms with van der Waals surface area (Å²) in [6, 6.07) is 4.65. The Morgan fingerprint density at radius 1 is 1.27 bits per heavy atom. The molecule has 0 unspecified atom stereocenters. The molecule has 26 heavy (non-hydrogen) atoms. The van der Waals surface area contributed by atoms with Crippen molar-refractivity contribution in [2.75, 3.05) is 37.3 Å². The number of ether oxygens (including phenoxy) is 1. The molecule has 3 heterocycles. The third-order valence-corrected chi connectivity index (χ3v) is 4.37. The van der Waals surface area contributed by atoms with Crippen molar-refractivity contribution in [3.05, 3.63) is 30.3 Å². The minimum absolute atomic E-state index is 0.234. The van der Waals surface area contributed by atoms with Crippen molar-refractivity contribution in [2.24, 2.45) is 0 Å². The number of H-pyrrole nitrogens is 1. The molecule has 9 heteroatoms. The molecule has 0 radical (unpaired) electrons. The van der Waals surface area contributed by atoms with Gasteiger partial charge in [0.25, 0.3) is 0 Å². The number of halogens is 1. The molecule has 0 atom stereocenters. The normalized spacial score (nSPS) is 14.8. The van der Waals surface area contributed by atoms with Crippen LogP contribution in [0.2, 0.25) is 0 Å². The number of benzene rings is 1. The zero-order valence-electron chi connectivity index (χ0n) is 14.2. The number of nitrogens with one attached hydrogen (secondary N) is 2. The number of likely N-dealkylation sites (tertiary alicyclic amines) is 1. The first-order valence-corrected chi connectivity index (χ1v) is 8.57. The fourth-order valence-electron chi connectivity index (χ4n) is 3.03. The number of aromatic nitrogens is 4. The number of hydrogen-bond acceptors (Lipinski definition) is 7. The molecule has 136 valence electrons. The molecule has 0 aliphatic carbocycles. The predicted octanol–water partition coefficient (Wildman–Crippen LogP) is 2.29. The minimum Gasteiger partial charge on any atom is -0.489 e. The number of fused-ring (bicyclic) bond motifs is 1. The number of rotatable bonds is 6. The van der Waals surface area contributed by atoms with Gasteiger partial charge in [-0.15, -0.1) is 0 Å². The quantitative estimate of drug-likeness (QED) is 0.621. The summed E-state index contributed by atoms with van der Waals surface area (Å²) >= 11 is 0. The smallest absolute Gasteiger partial charge is 0.231 e. The van der Waals surface area contributed by atoms with Crippen molar-refractivity contribution in [1.82, 2.24) is 24.8 Å². The molecular weight excluding hydrogens is 337 g/mol. The molecule has 3 aromatic rings. The lowest BCUT2D eigenvalue weighted by Gasteiger charge is -2.15. The number of nitrogens with two attached hydrogens (primary N) is 1. The fraction of sp³-hybridized carbons (Fsp3) is 0.353. The van der Waals surface area contributed by atoms with Gasteiger partial charge in [0.1, 0.15) is 12.1 Å². The molecule has 0 saturated carbocycles. The van der Waals surface area contributed by atoms with Crippen LogP contribution in [-0.4, -0.2) is 51.1 Å². The van der Waals surface area contributed by atoms with Gasteiger partial charge in [-0.05, 0) is 38.1 Å². The van der Waals surface area contributed by atoms with Crippen molar-refractivity contribution in [2.45, 2.75) is 12.8 Å². The molecular formula is C17H20FN7O. The van der Waals surface area contributed by atoms with E-state index in [2.05, 4.69) is 30.2 Å². The molecule has 8 nitrogen and oxygen atoms in total. The van der Waals surface area contributed by atoms with E-state index in [0.717, 1.165) is 19.6 Å². The standard InChI is InChI=1S/C17H20FN7O/c18-12-9-11(3-4-13(12)26-8-7-25-5-1-2-6-25)22-17-23-15(19)14-16(24-17)21-10-20-14/h3-4,9-10H,1-2,5-8H2,(H4,19,20,21,22,23,24). The van der Waals surface area contributed by atoms with E-state index >= 15 is 0 Å². The van der Waals surface area contributed by atoms with Gasteiger partial charge in [0.05, 0.1) is 6.33 Å². The highest BCUT2D eigenvalue weighted by atomic mass is 19.1. The van der Waals surface area contributed by atoms with Crippen molar-refractivity contribution in [3.8, 4) is 5.75 Å². The molecule has 4 N–H and O–H groups in total. The van der Waals surface area contributed by atoms with E-state index in [9.17, 15) is 4.39 Å². The van der Waals surface area contributed by atoms with E-state index in [4.69, 9.17) is 10.5 Å². The number of hydrogen-bond donors (Lipinski definition) is 3. The van der Waals surface area contributed by atoms with Crippen LogP contribution in [0.25, 0.3) is 11.2 Å². The molecule has 0 bridgehead atoms. The summed E-state index contributed by atoms with van der Waals surface area (Å²) in [4.78, 5) is 17.6. The van der Waals surface area contributed by atoms with Crippen molar-refractivity contribution in [3.63, 3.8) is 0 Å². The van der Waals surface area contributed by atoms with Crippen molar-refractivity contribution in [1.29, 1.82) is 0 Å². The van der Waals surface area contributed by atoms with Gasteiger partial charge < -0.3 is 20.8 Å². The van der Waals surface area contributed by atoms with Gasteiger partial charge in [-0.2, -0.15) is 9.97 Å².